The molecule has 1 aromatic rings. The SMILES string of the molecule is O=CCc1cnc(C2CCS(=O)(=O)C2)o1. The lowest BCUT2D eigenvalue weighted by atomic mass is 10.1. The highest BCUT2D eigenvalue weighted by Gasteiger charge is 2.32. The van der Waals surface area contributed by atoms with E-state index >= 15 is 0 Å². The molecule has 1 aliphatic heterocycles. The van der Waals surface area contributed by atoms with Gasteiger partial charge in [-0.25, -0.2) is 13.4 Å². The standard InChI is InChI=1S/C9H11NO4S/c11-3-1-8-5-10-9(14-8)7-2-4-15(12,13)6-7/h3,5,7H,1-2,4,6H2. The van der Waals surface area contributed by atoms with Crippen LogP contribution in [0.2, 0.25) is 0 Å². The molecule has 0 radical (unpaired) electrons. The second kappa shape index (κ2) is 3.77. The van der Waals surface area contributed by atoms with Gasteiger partial charge in [0.15, 0.2) is 15.7 Å². The molecule has 0 bridgehead atoms. The summed E-state index contributed by atoms with van der Waals surface area (Å²) in [4.78, 5) is 14.2. The van der Waals surface area contributed by atoms with E-state index in [2.05, 4.69) is 4.98 Å². The molecule has 0 aliphatic carbocycles. The molecule has 0 saturated carbocycles. The smallest absolute Gasteiger partial charge is 0.198 e. The van der Waals surface area contributed by atoms with Crippen LogP contribution in [0.25, 0.3) is 0 Å². The van der Waals surface area contributed by atoms with Gasteiger partial charge < -0.3 is 9.21 Å². The Hall–Kier alpha value is -1.17. The van der Waals surface area contributed by atoms with Crippen molar-refractivity contribution in [2.45, 2.75) is 18.8 Å². The van der Waals surface area contributed by atoms with Gasteiger partial charge in [-0.05, 0) is 6.42 Å². The fraction of sp³-hybridized carbons (Fsp3) is 0.556. The highest BCUT2D eigenvalue weighted by atomic mass is 32.2. The third-order valence-electron chi connectivity index (χ3n) is 2.44. The van der Waals surface area contributed by atoms with Crippen LogP contribution in [0.3, 0.4) is 0 Å². The Morgan fingerprint density at radius 2 is 2.40 bits per heavy atom. The van der Waals surface area contributed by atoms with Gasteiger partial charge in [-0.2, -0.15) is 0 Å². The minimum Gasteiger partial charge on any atom is -0.445 e. The number of carbonyl (C=O) groups is 1. The summed E-state index contributed by atoms with van der Waals surface area (Å²) in [5, 5.41) is 0. The van der Waals surface area contributed by atoms with Crippen LogP contribution in [-0.2, 0) is 21.1 Å². The molecule has 1 aliphatic rings. The minimum absolute atomic E-state index is 0.105. The molecule has 2 heterocycles. The summed E-state index contributed by atoms with van der Waals surface area (Å²) in [6.07, 6.45) is 2.96. The third-order valence-corrected chi connectivity index (χ3v) is 4.21. The van der Waals surface area contributed by atoms with E-state index in [0.29, 0.717) is 18.1 Å². The quantitative estimate of drug-likeness (QED) is 0.697. The molecule has 0 spiro atoms. The van der Waals surface area contributed by atoms with Gasteiger partial charge in [0.25, 0.3) is 0 Å². The van der Waals surface area contributed by atoms with Crippen LogP contribution < -0.4 is 0 Å². The van der Waals surface area contributed by atoms with Crippen molar-refractivity contribution in [2.75, 3.05) is 11.5 Å². The largest absolute Gasteiger partial charge is 0.445 e. The Morgan fingerprint density at radius 3 is 3.00 bits per heavy atom. The number of hydrogen-bond acceptors (Lipinski definition) is 5. The van der Waals surface area contributed by atoms with Crippen LogP contribution in [0.15, 0.2) is 10.6 Å². The molecule has 5 nitrogen and oxygen atoms in total. The third kappa shape index (κ3) is 2.26. The average Bonchev–Trinajstić information content (AvgIpc) is 2.73. The van der Waals surface area contributed by atoms with Gasteiger partial charge in [-0.1, -0.05) is 0 Å². The van der Waals surface area contributed by atoms with Crippen molar-refractivity contribution < 1.29 is 17.6 Å². The molecule has 15 heavy (non-hydrogen) atoms. The van der Waals surface area contributed by atoms with Crippen molar-refractivity contribution in [3.63, 3.8) is 0 Å². The average molecular weight is 229 g/mol. The lowest BCUT2D eigenvalue weighted by molar-refractivity contribution is -0.107. The molecule has 1 aromatic heterocycles. The van der Waals surface area contributed by atoms with Crippen LogP contribution >= 0.6 is 0 Å². The van der Waals surface area contributed by atoms with Crippen LogP contribution in [-0.4, -0.2) is 31.2 Å². The number of rotatable bonds is 3. The van der Waals surface area contributed by atoms with Crippen molar-refractivity contribution in [1.29, 1.82) is 0 Å². The van der Waals surface area contributed by atoms with Crippen LogP contribution in [0.4, 0.5) is 0 Å². The van der Waals surface area contributed by atoms with Crippen molar-refractivity contribution in [3.05, 3.63) is 17.8 Å². The first-order chi connectivity index (χ1) is 7.11. The molecular formula is C9H11NO4S. The van der Waals surface area contributed by atoms with Crippen LogP contribution in [0.5, 0.6) is 0 Å². The number of sulfone groups is 1. The number of aldehydes is 1. The normalized spacial score (nSPS) is 24.1. The Balaban J connectivity index is 2.13. The lowest BCUT2D eigenvalue weighted by Crippen LogP contribution is -2.03. The Morgan fingerprint density at radius 1 is 1.60 bits per heavy atom. The second-order valence-corrected chi connectivity index (χ2v) is 5.86. The van der Waals surface area contributed by atoms with Crippen LogP contribution in [0.1, 0.15) is 24.0 Å². The van der Waals surface area contributed by atoms with Crippen molar-refractivity contribution in [3.8, 4) is 0 Å². The Bertz CT molecular complexity index is 462. The van der Waals surface area contributed by atoms with E-state index in [1.54, 1.807) is 0 Å². The van der Waals surface area contributed by atoms with E-state index in [4.69, 9.17) is 4.42 Å². The molecule has 1 atom stereocenters. The molecule has 82 valence electrons. The number of nitrogens with zero attached hydrogens (tertiary/aromatic N) is 1. The maximum Gasteiger partial charge on any atom is 0.198 e. The summed E-state index contributed by atoms with van der Waals surface area (Å²) in [7, 11) is -2.92. The monoisotopic (exact) mass is 229 g/mol. The molecule has 0 aromatic carbocycles. The predicted octanol–water partition coefficient (Wildman–Crippen LogP) is 0.318. The second-order valence-electron chi connectivity index (χ2n) is 3.64. The van der Waals surface area contributed by atoms with Gasteiger partial charge >= 0.3 is 0 Å². The Kier molecular flexibility index (Phi) is 2.60. The van der Waals surface area contributed by atoms with Crippen LogP contribution in [0, 0.1) is 0 Å². The zero-order chi connectivity index (χ0) is 10.9. The fourth-order valence-corrected chi connectivity index (χ4v) is 3.41. The number of aromatic nitrogens is 1. The maximum absolute atomic E-state index is 11.2. The number of carbonyl (C=O) groups excluding carboxylic acids is 1. The van der Waals surface area contributed by atoms with Crippen molar-refractivity contribution in [2.24, 2.45) is 0 Å². The molecule has 1 unspecified atom stereocenters. The van der Waals surface area contributed by atoms with E-state index in [1.165, 1.54) is 6.20 Å². The van der Waals surface area contributed by atoms with Crippen molar-refractivity contribution in [1.82, 2.24) is 4.98 Å². The van der Waals surface area contributed by atoms with Gasteiger partial charge in [0.05, 0.1) is 30.0 Å². The topological polar surface area (TPSA) is 77.2 Å². The van der Waals surface area contributed by atoms with Gasteiger partial charge in [-0.15, -0.1) is 0 Å². The summed E-state index contributed by atoms with van der Waals surface area (Å²) in [6.45, 7) is 0. The molecule has 0 N–H and O–H groups in total. The van der Waals surface area contributed by atoms with E-state index in [1.807, 2.05) is 0 Å². The first-order valence-corrected chi connectivity index (χ1v) is 6.51. The zero-order valence-electron chi connectivity index (χ0n) is 8.05. The van der Waals surface area contributed by atoms with Gasteiger partial charge in [0, 0.05) is 0 Å². The fourth-order valence-electron chi connectivity index (χ4n) is 1.68. The van der Waals surface area contributed by atoms with E-state index in [9.17, 15) is 13.2 Å². The van der Waals surface area contributed by atoms with Gasteiger partial charge in [-0.3, -0.25) is 0 Å². The predicted molar refractivity (Wildman–Crippen MR) is 52.3 cm³/mol. The first-order valence-electron chi connectivity index (χ1n) is 4.69. The molecule has 0 amide bonds. The summed E-state index contributed by atoms with van der Waals surface area (Å²) >= 11 is 0. The summed E-state index contributed by atoms with van der Waals surface area (Å²) in [5.41, 5.74) is 0. The van der Waals surface area contributed by atoms with E-state index in [-0.39, 0.29) is 23.8 Å². The highest BCUT2D eigenvalue weighted by Crippen LogP contribution is 2.28. The molecule has 1 saturated heterocycles. The van der Waals surface area contributed by atoms with Gasteiger partial charge in [0.2, 0.25) is 0 Å². The lowest BCUT2D eigenvalue weighted by Gasteiger charge is -1.99. The van der Waals surface area contributed by atoms with E-state index in [0.717, 1.165) is 6.29 Å². The maximum atomic E-state index is 11.2. The molecule has 1 fully saturated rings. The highest BCUT2D eigenvalue weighted by molar-refractivity contribution is 7.91. The van der Waals surface area contributed by atoms with E-state index < -0.39 is 9.84 Å². The summed E-state index contributed by atoms with van der Waals surface area (Å²) < 4.78 is 27.7. The minimum atomic E-state index is -2.92. The first kappa shape index (κ1) is 10.4. The number of hydrogen-bond donors (Lipinski definition) is 0. The molecule has 6 heteroatoms. The summed E-state index contributed by atoms with van der Waals surface area (Å²) in [5.74, 6) is 1.09. The Labute approximate surface area is 87.4 Å². The molecular weight excluding hydrogens is 218 g/mol. The van der Waals surface area contributed by atoms with Crippen molar-refractivity contribution >= 4 is 16.1 Å². The van der Waals surface area contributed by atoms with Gasteiger partial charge in [0.1, 0.15) is 12.0 Å². The summed E-state index contributed by atoms with van der Waals surface area (Å²) in [6, 6.07) is 0. The molecule has 2 rings (SSSR count). The zero-order valence-corrected chi connectivity index (χ0v) is 8.87. The number of oxazole rings is 1.